The number of benzene rings is 1. The van der Waals surface area contributed by atoms with Crippen LogP contribution in [0.25, 0.3) is 16.7 Å². The summed E-state index contributed by atoms with van der Waals surface area (Å²) in [5.74, 6) is 0.841. The highest BCUT2D eigenvalue weighted by atomic mass is 32.2. The summed E-state index contributed by atoms with van der Waals surface area (Å²) in [6.07, 6.45) is 8.41. The summed E-state index contributed by atoms with van der Waals surface area (Å²) in [6, 6.07) is 5.07. The number of sulfone groups is 1. The zero-order chi connectivity index (χ0) is 16.0. The Hall–Kier alpha value is -2.15. The van der Waals surface area contributed by atoms with Gasteiger partial charge in [0.25, 0.3) is 0 Å². The Morgan fingerprint density at radius 1 is 1.13 bits per heavy atom. The SMILES string of the molecule is CS(=O)(=O)c1ccc2c(c1)nc(N1CCCCC1)c1nccn12. The van der Waals surface area contributed by atoms with Crippen LogP contribution in [-0.2, 0) is 9.84 Å². The normalized spacial score (nSPS) is 16.3. The lowest BCUT2D eigenvalue weighted by atomic mass is 10.1. The van der Waals surface area contributed by atoms with E-state index >= 15 is 0 Å². The van der Waals surface area contributed by atoms with Crippen molar-refractivity contribution in [1.82, 2.24) is 14.4 Å². The molecule has 1 aliphatic rings. The van der Waals surface area contributed by atoms with E-state index in [0.717, 1.165) is 42.9 Å². The van der Waals surface area contributed by atoms with Crippen LogP contribution in [0.15, 0.2) is 35.5 Å². The number of fused-ring (bicyclic) bond motifs is 3. The third-order valence-electron chi connectivity index (χ3n) is 4.36. The maximum atomic E-state index is 11.8. The van der Waals surface area contributed by atoms with Gasteiger partial charge in [-0.1, -0.05) is 0 Å². The van der Waals surface area contributed by atoms with Crippen molar-refractivity contribution in [2.45, 2.75) is 24.2 Å². The molecule has 1 fully saturated rings. The second-order valence-corrected chi connectivity index (χ2v) is 8.04. The molecule has 0 spiro atoms. The van der Waals surface area contributed by atoms with E-state index in [4.69, 9.17) is 4.98 Å². The van der Waals surface area contributed by atoms with Gasteiger partial charge in [0.05, 0.1) is 15.9 Å². The number of hydrogen-bond donors (Lipinski definition) is 0. The van der Waals surface area contributed by atoms with Crippen LogP contribution in [-0.4, -0.2) is 42.1 Å². The average Bonchev–Trinajstić information content (AvgIpc) is 3.03. The summed E-state index contributed by atoms with van der Waals surface area (Å²) in [5.41, 5.74) is 2.37. The minimum absolute atomic E-state index is 0.293. The van der Waals surface area contributed by atoms with Gasteiger partial charge in [-0.05, 0) is 37.5 Å². The molecule has 23 heavy (non-hydrogen) atoms. The van der Waals surface area contributed by atoms with Crippen molar-refractivity contribution in [3.8, 4) is 0 Å². The van der Waals surface area contributed by atoms with Crippen LogP contribution in [0.3, 0.4) is 0 Å². The lowest BCUT2D eigenvalue weighted by molar-refractivity contribution is 0.574. The molecule has 0 bridgehead atoms. The number of aromatic nitrogens is 3. The lowest BCUT2D eigenvalue weighted by Gasteiger charge is -2.28. The summed E-state index contributed by atoms with van der Waals surface area (Å²) in [7, 11) is -3.25. The standard InChI is InChI=1S/C16H18N4O2S/c1-23(21,22)12-5-6-14-13(11-12)18-16(15-17-7-10-20(14)15)19-8-3-2-4-9-19/h5-7,10-11H,2-4,8-9H2,1H3. The van der Waals surface area contributed by atoms with Crippen LogP contribution in [0.4, 0.5) is 5.82 Å². The molecule has 2 aromatic heterocycles. The van der Waals surface area contributed by atoms with Crippen molar-refractivity contribution < 1.29 is 8.42 Å². The van der Waals surface area contributed by atoms with E-state index in [-0.39, 0.29) is 0 Å². The first-order valence-corrected chi connectivity index (χ1v) is 9.65. The van der Waals surface area contributed by atoms with Crippen molar-refractivity contribution in [3.05, 3.63) is 30.6 Å². The van der Waals surface area contributed by atoms with Gasteiger partial charge in [0, 0.05) is 31.7 Å². The fourth-order valence-electron chi connectivity index (χ4n) is 3.17. The molecule has 0 aliphatic carbocycles. The third-order valence-corrected chi connectivity index (χ3v) is 5.47. The van der Waals surface area contributed by atoms with Crippen LogP contribution in [0.1, 0.15) is 19.3 Å². The molecule has 3 aromatic rings. The largest absolute Gasteiger partial charge is 0.354 e. The summed E-state index contributed by atoms with van der Waals surface area (Å²) < 4.78 is 25.6. The summed E-state index contributed by atoms with van der Waals surface area (Å²) >= 11 is 0. The maximum absolute atomic E-state index is 11.8. The van der Waals surface area contributed by atoms with E-state index in [0.29, 0.717) is 10.4 Å². The van der Waals surface area contributed by atoms with Gasteiger partial charge >= 0.3 is 0 Å². The first-order valence-electron chi connectivity index (χ1n) is 7.76. The predicted molar refractivity (Wildman–Crippen MR) is 89.7 cm³/mol. The molecule has 6 nitrogen and oxygen atoms in total. The second-order valence-electron chi connectivity index (χ2n) is 6.03. The summed E-state index contributed by atoms with van der Waals surface area (Å²) in [6.45, 7) is 1.93. The van der Waals surface area contributed by atoms with Crippen LogP contribution in [0.2, 0.25) is 0 Å². The minimum Gasteiger partial charge on any atom is -0.354 e. The van der Waals surface area contributed by atoms with E-state index in [1.807, 2.05) is 10.6 Å². The quantitative estimate of drug-likeness (QED) is 0.721. The monoisotopic (exact) mass is 330 g/mol. The molecular weight excluding hydrogens is 312 g/mol. The molecule has 0 N–H and O–H groups in total. The summed E-state index contributed by atoms with van der Waals surface area (Å²) in [5, 5.41) is 0. The molecule has 120 valence electrons. The first-order chi connectivity index (χ1) is 11.0. The lowest BCUT2D eigenvalue weighted by Crippen LogP contribution is -2.30. The van der Waals surface area contributed by atoms with Gasteiger partial charge in [0.1, 0.15) is 0 Å². The number of imidazole rings is 1. The third kappa shape index (κ3) is 2.45. The Labute approximate surface area is 134 Å². The molecule has 1 saturated heterocycles. The zero-order valence-electron chi connectivity index (χ0n) is 12.9. The van der Waals surface area contributed by atoms with Crippen molar-refractivity contribution in [2.75, 3.05) is 24.2 Å². The fourth-order valence-corrected chi connectivity index (χ4v) is 3.81. The van der Waals surface area contributed by atoms with Crippen molar-refractivity contribution in [3.63, 3.8) is 0 Å². The highest BCUT2D eigenvalue weighted by Crippen LogP contribution is 2.27. The predicted octanol–water partition coefficient (Wildman–Crippen LogP) is 2.28. The molecule has 1 aromatic carbocycles. The van der Waals surface area contributed by atoms with Gasteiger partial charge in [-0.25, -0.2) is 18.4 Å². The van der Waals surface area contributed by atoms with E-state index in [9.17, 15) is 8.42 Å². The van der Waals surface area contributed by atoms with Crippen LogP contribution in [0, 0.1) is 0 Å². The van der Waals surface area contributed by atoms with Gasteiger partial charge in [-0.3, -0.25) is 4.40 Å². The number of hydrogen-bond acceptors (Lipinski definition) is 5. The Bertz CT molecular complexity index is 988. The Morgan fingerprint density at radius 2 is 1.91 bits per heavy atom. The van der Waals surface area contributed by atoms with E-state index in [2.05, 4.69) is 9.88 Å². The highest BCUT2D eigenvalue weighted by molar-refractivity contribution is 7.90. The summed E-state index contributed by atoms with van der Waals surface area (Å²) in [4.78, 5) is 11.7. The topological polar surface area (TPSA) is 67.6 Å². The maximum Gasteiger partial charge on any atom is 0.180 e. The van der Waals surface area contributed by atoms with Gasteiger partial charge in [-0.15, -0.1) is 0 Å². The molecule has 4 rings (SSSR count). The van der Waals surface area contributed by atoms with E-state index in [1.165, 1.54) is 12.7 Å². The fraction of sp³-hybridized carbons (Fsp3) is 0.375. The molecule has 0 radical (unpaired) electrons. The molecule has 1 aliphatic heterocycles. The molecule has 0 atom stereocenters. The molecule has 0 saturated carbocycles. The van der Waals surface area contributed by atoms with Crippen molar-refractivity contribution in [1.29, 1.82) is 0 Å². The van der Waals surface area contributed by atoms with Gasteiger partial charge in [0.2, 0.25) is 0 Å². The molecular formula is C16H18N4O2S. The Kier molecular flexibility index (Phi) is 3.26. The molecule has 3 heterocycles. The van der Waals surface area contributed by atoms with Crippen molar-refractivity contribution in [2.24, 2.45) is 0 Å². The zero-order valence-corrected chi connectivity index (χ0v) is 13.8. The first kappa shape index (κ1) is 14.4. The Morgan fingerprint density at radius 3 is 2.65 bits per heavy atom. The highest BCUT2D eigenvalue weighted by Gasteiger charge is 2.19. The molecule has 0 unspecified atom stereocenters. The number of nitrogens with zero attached hydrogens (tertiary/aromatic N) is 4. The van der Waals surface area contributed by atoms with E-state index in [1.54, 1.807) is 24.4 Å². The van der Waals surface area contributed by atoms with Crippen molar-refractivity contribution >= 4 is 32.3 Å². The van der Waals surface area contributed by atoms with Gasteiger partial charge in [-0.2, -0.15) is 0 Å². The number of piperidine rings is 1. The minimum atomic E-state index is -3.25. The van der Waals surface area contributed by atoms with Crippen LogP contribution < -0.4 is 4.90 Å². The number of rotatable bonds is 2. The molecule has 0 amide bonds. The number of anilines is 1. The van der Waals surface area contributed by atoms with Crippen LogP contribution >= 0.6 is 0 Å². The van der Waals surface area contributed by atoms with Gasteiger partial charge in [0.15, 0.2) is 21.3 Å². The molecule has 7 heteroatoms. The van der Waals surface area contributed by atoms with Crippen LogP contribution in [0.5, 0.6) is 0 Å². The Balaban J connectivity index is 1.98. The average molecular weight is 330 g/mol. The second kappa shape index (κ2) is 5.19. The van der Waals surface area contributed by atoms with E-state index < -0.39 is 9.84 Å². The van der Waals surface area contributed by atoms with Gasteiger partial charge < -0.3 is 4.90 Å². The smallest absolute Gasteiger partial charge is 0.180 e.